The van der Waals surface area contributed by atoms with E-state index in [1.54, 1.807) is 0 Å². The Morgan fingerprint density at radius 2 is 1.22 bits per heavy atom. The zero-order chi connectivity index (χ0) is 17.2. The van der Waals surface area contributed by atoms with Crippen LogP contribution in [0.1, 0.15) is 117 Å². The van der Waals surface area contributed by atoms with Gasteiger partial charge in [0.25, 0.3) is 0 Å². The molecule has 0 spiro atoms. The smallest absolute Gasteiger partial charge is 0.305 e. The van der Waals surface area contributed by atoms with Gasteiger partial charge >= 0.3 is 5.97 Å². The number of carbonyl (C=O) groups is 1. The highest BCUT2D eigenvalue weighted by atomic mass is 16.5. The molecule has 138 valence electrons. The first-order chi connectivity index (χ1) is 11.2. The summed E-state index contributed by atoms with van der Waals surface area (Å²) in [4.78, 5) is 11.8. The third-order valence-electron chi connectivity index (χ3n) is 4.71. The Morgan fingerprint density at radius 3 is 1.78 bits per heavy atom. The molecule has 0 amide bonds. The van der Waals surface area contributed by atoms with Gasteiger partial charge in [0.2, 0.25) is 0 Å². The first-order valence-electron chi connectivity index (χ1n) is 10.4. The molecular formula is C21H42O2. The lowest BCUT2D eigenvalue weighted by molar-refractivity contribution is -0.144. The molecular weight excluding hydrogens is 284 g/mol. The Bertz CT molecular complexity index is 240. The second kappa shape index (κ2) is 17.8. The molecule has 0 aliphatic rings. The van der Waals surface area contributed by atoms with Crippen LogP contribution in [0, 0.1) is 5.92 Å². The van der Waals surface area contributed by atoms with Crippen LogP contribution in [0.5, 0.6) is 0 Å². The first kappa shape index (κ1) is 22.5. The second-order valence-electron chi connectivity index (χ2n) is 7.03. The highest BCUT2D eigenvalue weighted by Gasteiger charge is 2.10. The number of esters is 1. The summed E-state index contributed by atoms with van der Waals surface area (Å²) in [5.74, 6) is 0.771. The van der Waals surface area contributed by atoms with E-state index in [0.29, 0.717) is 13.0 Å². The van der Waals surface area contributed by atoms with Gasteiger partial charge in [0.05, 0.1) is 6.61 Å². The lowest BCUT2D eigenvalue weighted by Gasteiger charge is -2.16. The van der Waals surface area contributed by atoms with E-state index in [-0.39, 0.29) is 5.97 Å². The Labute approximate surface area is 145 Å². The molecule has 2 nitrogen and oxygen atoms in total. The number of hydrogen-bond donors (Lipinski definition) is 0. The van der Waals surface area contributed by atoms with Gasteiger partial charge in [0.1, 0.15) is 0 Å². The van der Waals surface area contributed by atoms with Crippen molar-refractivity contribution in [2.75, 3.05) is 6.61 Å². The normalized spacial score (nSPS) is 11.1. The average Bonchev–Trinajstić information content (AvgIpc) is 2.54. The largest absolute Gasteiger partial charge is 0.466 e. The molecule has 0 fully saturated rings. The fourth-order valence-corrected chi connectivity index (χ4v) is 3.08. The van der Waals surface area contributed by atoms with Crippen molar-refractivity contribution >= 4 is 5.97 Å². The average molecular weight is 327 g/mol. The molecule has 0 atom stereocenters. The molecule has 0 radical (unpaired) electrons. The first-order valence-corrected chi connectivity index (χ1v) is 10.4. The molecule has 0 saturated carbocycles. The van der Waals surface area contributed by atoms with Crippen LogP contribution < -0.4 is 0 Å². The quantitative estimate of drug-likeness (QED) is 0.211. The van der Waals surface area contributed by atoms with Gasteiger partial charge in [-0.15, -0.1) is 0 Å². The highest BCUT2D eigenvalue weighted by molar-refractivity contribution is 5.69. The fourth-order valence-electron chi connectivity index (χ4n) is 3.08. The summed E-state index contributed by atoms with van der Waals surface area (Å²) < 4.78 is 5.45. The van der Waals surface area contributed by atoms with Crippen LogP contribution >= 0.6 is 0 Å². The van der Waals surface area contributed by atoms with E-state index in [1.807, 2.05) is 0 Å². The molecule has 0 aliphatic carbocycles. The van der Waals surface area contributed by atoms with Crippen molar-refractivity contribution in [1.29, 1.82) is 0 Å². The van der Waals surface area contributed by atoms with Gasteiger partial charge in [-0.25, -0.2) is 0 Å². The molecule has 2 heteroatoms. The van der Waals surface area contributed by atoms with E-state index in [9.17, 15) is 4.79 Å². The highest BCUT2D eigenvalue weighted by Crippen LogP contribution is 2.21. The monoisotopic (exact) mass is 326 g/mol. The van der Waals surface area contributed by atoms with Crippen molar-refractivity contribution in [3.63, 3.8) is 0 Å². The number of rotatable bonds is 17. The molecule has 0 N–H and O–H groups in total. The molecule has 0 bridgehead atoms. The molecule has 0 aromatic carbocycles. The summed E-state index contributed by atoms with van der Waals surface area (Å²) in [6.45, 7) is 7.37. The van der Waals surface area contributed by atoms with Crippen molar-refractivity contribution in [2.45, 2.75) is 117 Å². The van der Waals surface area contributed by atoms with Crippen molar-refractivity contribution in [2.24, 2.45) is 5.92 Å². The Hall–Kier alpha value is -0.530. The van der Waals surface area contributed by atoms with Crippen LogP contribution in [-0.2, 0) is 9.53 Å². The molecule has 23 heavy (non-hydrogen) atoms. The minimum Gasteiger partial charge on any atom is -0.466 e. The van der Waals surface area contributed by atoms with Crippen LogP contribution in [-0.4, -0.2) is 12.6 Å². The summed E-state index contributed by atoms with van der Waals surface area (Å²) in [6, 6.07) is 0. The maximum atomic E-state index is 11.8. The maximum Gasteiger partial charge on any atom is 0.305 e. The third-order valence-corrected chi connectivity index (χ3v) is 4.71. The van der Waals surface area contributed by atoms with Crippen LogP contribution in [0.2, 0.25) is 0 Å². The lowest BCUT2D eigenvalue weighted by Crippen LogP contribution is -2.10. The maximum absolute atomic E-state index is 11.8. The number of carbonyl (C=O) groups excluding carboxylic acids is 1. The van der Waals surface area contributed by atoms with E-state index >= 15 is 0 Å². The van der Waals surface area contributed by atoms with Crippen molar-refractivity contribution in [1.82, 2.24) is 0 Å². The minimum atomic E-state index is 0.0161. The van der Waals surface area contributed by atoms with Crippen LogP contribution in [0.15, 0.2) is 0 Å². The van der Waals surface area contributed by atoms with Gasteiger partial charge < -0.3 is 4.74 Å². The summed E-state index contributed by atoms with van der Waals surface area (Å²) in [7, 11) is 0. The van der Waals surface area contributed by atoms with Gasteiger partial charge in [-0.05, 0) is 18.8 Å². The van der Waals surface area contributed by atoms with Gasteiger partial charge in [0, 0.05) is 6.42 Å². The fraction of sp³-hybridized carbons (Fsp3) is 0.952. The van der Waals surface area contributed by atoms with E-state index in [4.69, 9.17) is 4.74 Å². The number of ether oxygens (including phenoxy) is 1. The summed E-state index contributed by atoms with van der Waals surface area (Å²) in [6.07, 6.45) is 18.2. The van der Waals surface area contributed by atoms with Crippen molar-refractivity contribution < 1.29 is 9.53 Å². The predicted octanol–water partition coefficient (Wildman–Crippen LogP) is 7.06. The molecule has 0 aliphatic heterocycles. The van der Waals surface area contributed by atoms with Crippen LogP contribution in [0.25, 0.3) is 0 Å². The van der Waals surface area contributed by atoms with Crippen LogP contribution in [0.4, 0.5) is 0 Å². The summed E-state index contributed by atoms with van der Waals surface area (Å²) in [5, 5.41) is 0. The van der Waals surface area contributed by atoms with Gasteiger partial charge in [-0.1, -0.05) is 97.8 Å². The Morgan fingerprint density at radius 1 is 0.696 bits per heavy atom. The van der Waals surface area contributed by atoms with E-state index in [0.717, 1.165) is 18.8 Å². The van der Waals surface area contributed by atoms with E-state index < -0.39 is 0 Å². The zero-order valence-electron chi connectivity index (χ0n) is 16.2. The predicted molar refractivity (Wildman–Crippen MR) is 101 cm³/mol. The standard InChI is InChI=1S/C21H42O2/c1-4-7-10-11-14-17-21(22)23-19-18-20(15-12-8-5-2)16-13-9-6-3/h20H,4-19H2,1-3H3. The molecule has 0 saturated heterocycles. The van der Waals surface area contributed by atoms with Crippen LogP contribution in [0.3, 0.4) is 0 Å². The zero-order valence-corrected chi connectivity index (χ0v) is 16.2. The van der Waals surface area contributed by atoms with Crippen molar-refractivity contribution in [3.05, 3.63) is 0 Å². The molecule has 0 heterocycles. The SMILES string of the molecule is CCCCCCCC(=O)OCCC(CCCCC)CCCCC. The molecule has 0 aromatic rings. The summed E-state index contributed by atoms with van der Waals surface area (Å²) in [5.41, 5.74) is 0. The summed E-state index contributed by atoms with van der Waals surface area (Å²) >= 11 is 0. The topological polar surface area (TPSA) is 26.3 Å². The van der Waals surface area contributed by atoms with E-state index in [2.05, 4.69) is 20.8 Å². The molecule has 0 rings (SSSR count). The second-order valence-corrected chi connectivity index (χ2v) is 7.03. The van der Waals surface area contributed by atoms with Crippen molar-refractivity contribution in [3.8, 4) is 0 Å². The molecule has 0 aromatic heterocycles. The number of unbranched alkanes of at least 4 members (excludes halogenated alkanes) is 8. The Kier molecular flexibility index (Phi) is 17.4. The minimum absolute atomic E-state index is 0.0161. The van der Waals surface area contributed by atoms with Gasteiger partial charge in [-0.3, -0.25) is 4.79 Å². The number of hydrogen-bond acceptors (Lipinski definition) is 2. The molecule has 0 unspecified atom stereocenters. The Balaban J connectivity index is 3.74. The van der Waals surface area contributed by atoms with E-state index in [1.165, 1.54) is 77.0 Å². The van der Waals surface area contributed by atoms with Gasteiger partial charge in [-0.2, -0.15) is 0 Å². The lowest BCUT2D eigenvalue weighted by atomic mass is 9.92. The van der Waals surface area contributed by atoms with Gasteiger partial charge in [0.15, 0.2) is 0 Å². The third kappa shape index (κ3) is 16.1.